The van der Waals surface area contributed by atoms with Gasteiger partial charge in [-0.15, -0.1) is 0 Å². The van der Waals surface area contributed by atoms with Crippen LogP contribution in [-0.4, -0.2) is 32.7 Å². The number of benzene rings is 2. The van der Waals surface area contributed by atoms with Gasteiger partial charge >= 0.3 is 5.97 Å². The van der Waals surface area contributed by atoms with Crippen LogP contribution >= 0.6 is 23.2 Å². The molecular formula is C19H19Cl2NO5. The van der Waals surface area contributed by atoms with Crippen LogP contribution in [0.3, 0.4) is 0 Å². The van der Waals surface area contributed by atoms with Crippen molar-refractivity contribution in [2.45, 2.75) is 13.0 Å². The number of halogens is 2. The Hall–Kier alpha value is -2.44. The van der Waals surface area contributed by atoms with Crippen LogP contribution in [0.1, 0.15) is 28.9 Å². The first-order valence-corrected chi connectivity index (χ1v) is 8.75. The molecule has 0 saturated carbocycles. The second-order valence-corrected chi connectivity index (χ2v) is 6.39. The second-order valence-electron chi connectivity index (χ2n) is 5.58. The third-order valence-corrected chi connectivity index (χ3v) is 4.53. The van der Waals surface area contributed by atoms with E-state index in [0.717, 1.165) is 5.56 Å². The van der Waals surface area contributed by atoms with Crippen LogP contribution in [0, 0.1) is 0 Å². The maximum absolute atomic E-state index is 12.4. The molecule has 0 aromatic heterocycles. The van der Waals surface area contributed by atoms with E-state index in [4.69, 9.17) is 37.4 Å². The summed E-state index contributed by atoms with van der Waals surface area (Å²) < 4.78 is 15.4. The van der Waals surface area contributed by atoms with E-state index in [-0.39, 0.29) is 11.6 Å². The van der Waals surface area contributed by atoms with Crippen LogP contribution < -0.4 is 14.8 Å². The molecule has 6 nitrogen and oxygen atoms in total. The molecule has 0 heterocycles. The van der Waals surface area contributed by atoms with Gasteiger partial charge in [0.05, 0.1) is 30.3 Å². The Morgan fingerprint density at radius 2 is 1.67 bits per heavy atom. The van der Waals surface area contributed by atoms with E-state index in [1.54, 1.807) is 43.3 Å². The van der Waals surface area contributed by atoms with Gasteiger partial charge in [0.25, 0.3) is 5.91 Å². The molecule has 1 atom stereocenters. The molecule has 0 aliphatic heterocycles. The van der Waals surface area contributed by atoms with Crippen LogP contribution in [0.15, 0.2) is 36.4 Å². The Balaban J connectivity index is 1.99. The van der Waals surface area contributed by atoms with E-state index < -0.39 is 18.5 Å². The number of esters is 1. The summed E-state index contributed by atoms with van der Waals surface area (Å²) in [6.07, 6.45) is 0. The summed E-state index contributed by atoms with van der Waals surface area (Å²) in [4.78, 5) is 24.5. The largest absolute Gasteiger partial charge is 0.496 e. The lowest BCUT2D eigenvalue weighted by atomic mass is 10.1. The minimum absolute atomic E-state index is 0.118. The fraction of sp³-hybridized carbons (Fsp3) is 0.263. The number of amides is 1. The third-order valence-electron chi connectivity index (χ3n) is 3.79. The van der Waals surface area contributed by atoms with E-state index >= 15 is 0 Å². The van der Waals surface area contributed by atoms with Crippen LogP contribution in [0.4, 0.5) is 0 Å². The van der Waals surface area contributed by atoms with Gasteiger partial charge in [-0.25, -0.2) is 4.79 Å². The van der Waals surface area contributed by atoms with Gasteiger partial charge in [-0.1, -0.05) is 35.3 Å². The molecule has 0 radical (unpaired) electrons. The van der Waals surface area contributed by atoms with E-state index in [9.17, 15) is 9.59 Å². The zero-order chi connectivity index (χ0) is 20.0. The average Bonchev–Trinajstić information content (AvgIpc) is 2.67. The van der Waals surface area contributed by atoms with E-state index in [0.29, 0.717) is 21.5 Å². The first kappa shape index (κ1) is 20.9. The van der Waals surface area contributed by atoms with Gasteiger partial charge < -0.3 is 19.5 Å². The summed E-state index contributed by atoms with van der Waals surface area (Å²) in [6, 6.07) is 9.62. The molecule has 0 spiro atoms. The summed E-state index contributed by atoms with van der Waals surface area (Å²) in [5, 5.41) is 3.55. The van der Waals surface area contributed by atoms with Crippen LogP contribution in [0.5, 0.6) is 11.5 Å². The molecule has 2 aromatic carbocycles. The molecular weight excluding hydrogens is 393 g/mol. The molecule has 1 N–H and O–H groups in total. The van der Waals surface area contributed by atoms with Crippen LogP contribution in [-0.2, 0) is 9.53 Å². The van der Waals surface area contributed by atoms with Crippen molar-refractivity contribution < 1.29 is 23.8 Å². The van der Waals surface area contributed by atoms with Crippen LogP contribution in [0.2, 0.25) is 10.0 Å². The molecule has 0 aliphatic rings. The van der Waals surface area contributed by atoms with Crippen molar-refractivity contribution in [2.24, 2.45) is 0 Å². The number of rotatable bonds is 7. The van der Waals surface area contributed by atoms with Crippen LogP contribution in [0.25, 0.3) is 0 Å². The molecule has 0 bridgehead atoms. The summed E-state index contributed by atoms with van der Waals surface area (Å²) >= 11 is 11.9. The van der Waals surface area contributed by atoms with Gasteiger partial charge in [0.15, 0.2) is 6.61 Å². The molecule has 0 unspecified atom stereocenters. The van der Waals surface area contributed by atoms with E-state index in [1.807, 2.05) is 0 Å². The standard InChI is InChI=1S/C19H19Cl2NO5/c1-11(12-7-8-13(20)14(21)9-12)22-17(23)10-27-19(24)18-15(25-2)5-4-6-16(18)26-3/h4-9,11H,10H2,1-3H3,(H,22,23)/t11-/m1/s1. The monoisotopic (exact) mass is 411 g/mol. The number of hydrogen-bond donors (Lipinski definition) is 1. The summed E-state index contributed by atoms with van der Waals surface area (Å²) in [5.41, 5.74) is 0.892. The maximum atomic E-state index is 12.4. The Bertz CT molecular complexity index is 819. The molecule has 1 amide bonds. The van der Waals surface area contributed by atoms with Gasteiger partial charge in [-0.2, -0.15) is 0 Å². The number of methoxy groups -OCH3 is 2. The molecule has 0 fully saturated rings. The number of hydrogen-bond acceptors (Lipinski definition) is 5. The first-order valence-electron chi connectivity index (χ1n) is 7.99. The number of nitrogens with one attached hydrogen (secondary N) is 1. The Kier molecular flexibility index (Phi) is 7.33. The normalized spacial score (nSPS) is 11.4. The predicted octanol–water partition coefficient (Wildman–Crippen LogP) is 4.04. The number of ether oxygens (including phenoxy) is 3. The lowest BCUT2D eigenvalue weighted by molar-refractivity contribution is -0.124. The second kappa shape index (κ2) is 9.48. The highest BCUT2D eigenvalue weighted by molar-refractivity contribution is 6.42. The molecule has 0 aliphatic carbocycles. The highest BCUT2D eigenvalue weighted by atomic mass is 35.5. The topological polar surface area (TPSA) is 73.9 Å². The van der Waals surface area contributed by atoms with Crippen molar-refractivity contribution in [2.75, 3.05) is 20.8 Å². The number of carbonyl (C=O) groups is 2. The Morgan fingerprint density at radius 1 is 1.04 bits per heavy atom. The Morgan fingerprint density at radius 3 is 2.22 bits per heavy atom. The van der Waals surface area contributed by atoms with Crippen molar-refractivity contribution in [1.82, 2.24) is 5.32 Å². The third kappa shape index (κ3) is 5.28. The Labute approximate surface area is 167 Å². The van der Waals surface area contributed by atoms with Crippen molar-refractivity contribution >= 4 is 35.1 Å². The minimum Gasteiger partial charge on any atom is -0.496 e. The van der Waals surface area contributed by atoms with Crippen molar-refractivity contribution in [3.63, 3.8) is 0 Å². The number of carbonyl (C=O) groups excluding carboxylic acids is 2. The highest BCUT2D eigenvalue weighted by Gasteiger charge is 2.21. The van der Waals surface area contributed by atoms with Gasteiger partial charge in [-0.3, -0.25) is 4.79 Å². The smallest absolute Gasteiger partial charge is 0.346 e. The maximum Gasteiger partial charge on any atom is 0.346 e. The van der Waals surface area contributed by atoms with E-state index in [2.05, 4.69) is 5.32 Å². The zero-order valence-corrected chi connectivity index (χ0v) is 16.6. The summed E-state index contributed by atoms with van der Waals surface area (Å²) in [5.74, 6) is -0.592. The fourth-order valence-corrected chi connectivity index (χ4v) is 2.71. The summed E-state index contributed by atoms with van der Waals surface area (Å²) in [7, 11) is 2.86. The van der Waals surface area contributed by atoms with Gasteiger partial charge in [-0.05, 0) is 36.8 Å². The lowest BCUT2D eigenvalue weighted by Crippen LogP contribution is -2.31. The molecule has 2 rings (SSSR count). The average molecular weight is 412 g/mol. The SMILES string of the molecule is COc1cccc(OC)c1C(=O)OCC(=O)N[C@H](C)c1ccc(Cl)c(Cl)c1. The van der Waals surface area contributed by atoms with Crippen molar-refractivity contribution in [3.8, 4) is 11.5 Å². The summed E-state index contributed by atoms with van der Waals surface area (Å²) in [6.45, 7) is 1.33. The fourth-order valence-electron chi connectivity index (χ4n) is 2.40. The zero-order valence-electron chi connectivity index (χ0n) is 15.0. The van der Waals surface area contributed by atoms with Crippen molar-refractivity contribution in [1.29, 1.82) is 0 Å². The van der Waals surface area contributed by atoms with E-state index in [1.165, 1.54) is 14.2 Å². The van der Waals surface area contributed by atoms with Gasteiger partial charge in [0.2, 0.25) is 0 Å². The van der Waals surface area contributed by atoms with Gasteiger partial charge in [0.1, 0.15) is 17.1 Å². The molecule has 144 valence electrons. The van der Waals surface area contributed by atoms with Crippen molar-refractivity contribution in [3.05, 3.63) is 57.6 Å². The molecule has 0 saturated heterocycles. The van der Waals surface area contributed by atoms with Gasteiger partial charge in [0, 0.05) is 0 Å². The molecule has 2 aromatic rings. The highest BCUT2D eigenvalue weighted by Crippen LogP contribution is 2.29. The molecule has 8 heteroatoms. The lowest BCUT2D eigenvalue weighted by Gasteiger charge is -2.16. The predicted molar refractivity (Wildman–Crippen MR) is 103 cm³/mol. The quantitative estimate of drug-likeness (QED) is 0.695. The first-order chi connectivity index (χ1) is 12.9. The minimum atomic E-state index is -0.721. The molecule has 27 heavy (non-hydrogen) atoms.